The number of nitrogens with zero attached hydrogens (tertiary/aromatic N) is 1. The SMILES string of the molecule is CCC(NCC1=CCCOC1)c1nccs1. The van der Waals surface area contributed by atoms with E-state index in [9.17, 15) is 0 Å². The number of thiazole rings is 1. The lowest BCUT2D eigenvalue weighted by molar-refractivity contribution is 0.148. The molecule has 0 saturated carbocycles. The number of ether oxygens (including phenoxy) is 1. The number of nitrogens with one attached hydrogen (secondary N) is 1. The summed E-state index contributed by atoms with van der Waals surface area (Å²) in [5.74, 6) is 0. The van der Waals surface area contributed by atoms with Gasteiger partial charge in [0, 0.05) is 18.1 Å². The lowest BCUT2D eigenvalue weighted by Gasteiger charge is -2.18. The largest absolute Gasteiger partial charge is 0.377 e. The van der Waals surface area contributed by atoms with Crippen LogP contribution in [-0.4, -0.2) is 24.7 Å². The van der Waals surface area contributed by atoms with Crippen LogP contribution in [0.15, 0.2) is 23.2 Å². The van der Waals surface area contributed by atoms with Crippen LogP contribution in [0.2, 0.25) is 0 Å². The van der Waals surface area contributed by atoms with Gasteiger partial charge in [-0.25, -0.2) is 4.98 Å². The van der Waals surface area contributed by atoms with Gasteiger partial charge in [0.2, 0.25) is 0 Å². The quantitative estimate of drug-likeness (QED) is 0.800. The van der Waals surface area contributed by atoms with Gasteiger partial charge in [0.05, 0.1) is 19.3 Å². The zero-order valence-corrected chi connectivity index (χ0v) is 10.4. The number of hydrogen-bond donors (Lipinski definition) is 1. The molecule has 1 unspecified atom stereocenters. The third-order valence-corrected chi connectivity index (χ3v) is 3.61. The van der Waals surface area contributed by atoms with Crippen LogP contribution in [0.4, 0.5) is 0 Å². The molecule has 1 N–H and O–H groups in total. The van der Waals surface area contributed by atoms with Crippen molar-refractivity contribution in [1.82, 2.24) is 10.3 Å². The summed E-state index contributed by atoms with van der Waals surface area (Å²) in [7, 11) is 0. The molecule has 0 spiro atoms. The Kier molecular flexibility index (Phi) is 4.51. The van der Waals surface area contributed by atoms with Crippen molar-refractivity contribution in [1.29, 1.82) is 0 Å². The van der Waals surface area contributed by atoms with E-state index in [4.69, 9.17) is 4.74 Å². The maximum atomic E-state index is 5.42. The van der Waals surface area contributed by atoms with Gasteiger partial charge >= 0.3 is 0 Å². The number of rotatable bonds is 5. The molecule has 1 aromatic heterocycles. The van der Waals surface area contributed by atoms with Gasteiger partial charge in [-0.15, -0.1) is 11.3 Å². The van der Waals surface area contributed by atoms with E-state index < -0.39 is 0 Å². The number of hydrogen-bond acceptors (Lipinski definition) is 4. The summed E-state index contributed by atoms with van der Waals surface area (Å²) in [6.45, 7) is 4.75. The fraction of sp³-hybridized carbons (Fsp3) is 0.583. The maximum Gasteiger partial charge on any atom is 0.109 e. The Labute approximate surface area is 101 Å². The molecule has 0 saturated heterocycles. The second kappa shape index (κ2) is 6.13. The smallest absolute Gasteiger partial charge is 0.109 e. The summed E-state index contributed by atoms with van der Waals surface area (Å²) in [5.41, 5.74) is 1.36. The molecule has 0 bridgehead atoms. The summed E-state index contributed by atoms with van der Waals surface area (Å²) in [6.07, 6.45) is 6.27. The Morgan fingerprint density at radius 1 is 1.62 bits per heavy atom. The zero-order chi connectivity index (χ0) is 11.2. The minimum atomic E-state index is 0.378. The topological polar surface area (TPSA) is 34.1 Å². The van der Waals surface area contributed by atoms with Gasteiger partial charge < -0.3 is 10.1 Å². The molecule has 1 atom stereocenters. The lowest BCUT2D eigenvalue weighted by atomic mass is 10.1. The van der Waals surface area contributed by atoms with Crippen molar-refractivity contribution in [2.75, 3.05) is 19.8 Å². The monoisotopic (exact) mass is 238 g/mol. The molecule has 0 aliphatic carbocycles. The van der Waals surface area contributed by atoms with E-state index in [2.05, 4.69) is 23.3 Å². The molecule has 0 fully saturated rings. The standard InChI is InChI=1S/C12H18N2OS/c1-2-11(12-13-5-7-16-12)14-8-10-4-3-6-15-9-10/h4-5,7,11,14H,2-3,6,8-9H2,1H3. The van der Waals surface area contributed by atoms with E-state index in [0.717, 1.165) is 32.6 Å². The van der Waals surface area contributed by atoms with Crippen LogP contribution in [-0.2, 0) is 4.74 Å². The highest BCUT2D eigenvalue weighted by molar-refractivity contribution is 7.09. The summed E-state index contributed by atoms with van der Waals surface area (Å²) < 4.78 is 5.42. The molecular formula is C12H18N2OS. The molecule has 16 heavy (non-hydrogen) atoms. The van der Waals surface area contributed by atoms with Crippen LogP contribution >= 0.6 is 11.3 Å². The predicted molar refractivity (Wildman–Crippen MR) is 66.7 cm³/mol. The molecule has 1 aliphatic rings. The first-order valence-corrected chi connectivity index (χ1v) is 6.66. The molecule has 0 aromatic carbocycles. The number of aromatic nitrogens is 1. The second-order valence-corrected chi connectivity index (χ2v) is 4.84. The Morgan fingerprint density at radius 2 is 2.56 bits per heavy atom. The average molecular weight is 238 g/mol. The van der Waals surface area contributed by atoms with Crippen LogP contribution < -0.4 is 5.32 Å². The molecule has 0 amide bonds. The van der Waals surface area contributed by atoms with Gasteiger partial charge in [0.25, 0.3) is 0 Å². The average Bonchev–Trinajstić information content (AvgIpc) is 2.85. The van der Waals surface area contributed by atoms with Crippen molar-refractivity contribution in [3.05, 3.63) is 28.2 Å². The van der Waals surface area contributed by atoms with Crippen molar-refractivity contribution in [3.8, 4) is 0 Å². The Bertz CT molecular complexity index is 335. The molecule has 1 aromatic rings. The third kappa shape index (κ3) is 3.14. The highest BCUT2D eigenvalue weighted by atomic mass is 32.1. The second-order valence-electron chi connectivity index (χ2n) is 3.92. The van der Waals surface area contributed by atoms with Gasteiger partial charge in [-0.05, 0) is 18.4 Å². The Hall–Kier alpha value is -0.710. The van der Waals surface area contributed by atoms with Crippen molar-refractivity contribution in [2.24, 2.45) is 0 Å². The van der Waals surface area contributed by atoms with E-state index >= 15 is 0 Å². The first-order chi connectivity index (χ1) is 7.90. The van der Waals surface area contributed by atoms with Crippen molar-refractivity contribution in [2.45, 2.75) is 25.8 Å². The molecule has 4 heteroatoms. The van der Waals surface area contributed by atoms with Crippen LogP contribution in [0, 0.1) is 0 Å². The van der Waals surface area contributed by atoms with Gasteiger partial charge in [0.1, 0.15) is 5.01 Å². The van der Waals surface area contributed by atoms with Crippen LogP contribution in [0.25, 0.3) is 0 Å². The van der Waals surface area contributed by atoms with Crippen LogP contribution in [0.1, 0.15) is 30.8 Å². The van der Waals surface area contributed by atoms with E-state index in [1.807, 2.05) is 11.6 Å². The van der Waals surface area contributed by atoms with Crippen molar-refractivity contribution >= 4 is 11.3 Å². The summed E-state index contributed by atoms with van der Waals surface area (Å²) >= 11 is 1.72. The van der Waals surface area contributed by atoms with E-state index in [1.54, 1.807) is 11.3 Å². The van der Waals surface area contributed by atoms with E-state index in [1.165, 1.54) is 10.6 Å². The van der Waals surface area contributed by atoms with Crippen LogP contribution in [0.3, 0.4) is 0 Å². The molecule has 0 radical (unpaired) electrons. The molecule has 88 valence electrons. The summed E-state index contributed by atoms with van der Waals surface area (Å²) in [4.78, 5) is 4.36. The van der Waals surface area contributed by atoms with Crippen molar-refractivity contribution in [3.63, 3.8) is 0 Å². The molecule has 3 nitrogen and oxygen atoms in total. The fourth-order valence-electron chi connectivity index (χ4n) is 1.80. The minimum Gasteiger partial charge on any atom is -0.377 e. The zero-order valence-electron chi connectivity index (χ0n) is 9.61. The normalized spacial score (nSPS) is 18.2. The minimum absolute atomic E-state index is 0.378. The summed E-state index contributed by atoms with van der Waals surface area (Å²) in [6, 6.07) is 0.378. The van der Waals surface area contributed by atoms with E-state index in [-0.39, 0.29) is 0 Å². The predicted octanol–water partition coefficient (Wildman–Crippen LogP) is 2.53. The third-order valence-electron chi connectivity index (χ3n) is 2.72. The maximum absolute atomic E-state index is 5.42. The molecule has 2 heterocycles. The van der Waals surface area contributed by atoms with Crippen molar-refractivity contribution < 1.29 is 4.74 Å². The van der Waals surface area contributed by atoms with Gasteiger partial charge in [-0.1, -0.05) is 13.0 Å². The van der Waals surface area contributed by atoms with Gasteiger partial charge in [-0.3, -0.25) is 0 Å². The molecule has 1 aliphatic heterocycles. The van der Waals surface area contributed by atoms with E-state index in [0.29, 0.717) is 6.04 Å². The summed E-state index contributed by atoms with van der Waals surface area (Å²) in [5, 5.41) is 6.75. The Balaban J connectivity index is 1.85. The first kappa shape index (κ1) is 11.8. The lowest BCUT2D eigenvalue weighted by Crippen LogP contribution is -2.25. The Morgan fingerprint density at radius 3 is 3.19 bits per heavy atom. The van der Waals surface area contributed by atoms with Crippen LogP contribution in [0.5, 0.6) is 0 Å². The fourth-order valence-corrected chi connectivity index (χ4v) is 2.60. The first-order valence-electron chi connectivity index (χ1n) is 5.78. The highest BCUT2D eigenvalue weighted by Crippen LogP contribution is 2.19. The molecule has 2 rings (SSSR count). The molecular weight excluding hydrogens is 220 g/mol. The highest BCUT2D eigenvalue weighted by Gasteiger charge is 2.12. The van der Waals surface area contributed by atoms with Gasteiger partial charge in [0.15, 0.2) is 0 Å². The van der Waals surface area contributed by atoms with Gasteiger partial charge in [-0.2, -0.15) is 0 Å².